The normalized spacial score (nSPS) is 21.0. The number of aliphatic hydroxyl groups is 1. The standard InChI is InChI=1S/C11H11O.C9H7.C3H6.2ClH.Zr/c12-8-7-10-6-5-9-3-1-2-4-11(9)10;1-2-5-9-7-3-6-8(9)4-1;1-3-2;;;/h1-6,12H,7-8H2;1-7H;1-2H3;2*1H;/q;;;;;+2/p-2. The molecule has 2 aromatic rings. The van der Waals surface area contributed by atoms with Crippen molar-refractivity contribution in [3.8, 4) is 0 Å². The molecule has 2 aliphatic carbocycles. The molecule has 0 aliphatic heterocycles. The molecule has 2 aromatic carbocycles. The van der Waals surface area contributed by atoms with Gasteiger partial charge >= 0.3 is 170 Å². The van der Waals surface area contributed by atoms with Crippen molar-refractivity contribution in [1.82, 2.24) is 0 Å². The molecule has 2 unspecified atom stereocenters. The van der Waals surface area contributed by atoms with E-state index in [4.69, 9.17) is 17.0 Å². The monoisotopic (exact) mass is 476 g/mol. The third-order valence-electron chi connectivity index (χ3n) is 6.29. The summed E-state index contributed by atoms with van der Waals surface area (Å²) in [6, 6.07) is 16.8. The SMILES string of the molecule is C[C](C)=[Zr]([Cl])([Cl])([CH]1C=Cc2ccccc21)[CH]1C=C(CCO)c2ccccc21. The number of halogens is 2. The molecule has 2 atom stereocenters. The molecule has 0 bridgehead atoms. The van der Waals surface area contributed by atoms with E-state index in [1.165, 1.54) is 25.5 Å². The van der Waals surface area contributed by atoms with Gasteiger partial charge in [-0.3, -0.25) is 0 Å². The van der Waals surface area contributed by atoms with Gasteiger partial charge < -0.3 is 0 Å². The Hall–Kier alpha value is -0.787. The van der Waals surface area contributed by atoms with E-state index >= 15 is 0 Å². The van der Waals surface area contributed by atoms with Crippen LogP contribution < -0.4 is 0 Å². The van der Waals surface area contributed by atoms with Crippen LogP contribution in [0.4, 0.5) is 0 Å². The van der Waals surface area contributed by atoms with Gasteiger partial charge in [0.05, 0.1) is 0 Å². The van der Waals surface area contributed by atoms with Crippen molar-refractivity contribution in [3.05, 3.63) is 82.9 Å². The molecule has 4 heteroatoms. The van der Waals surface area contributed by atoms with E-state index in [1.54, 1.807) is 0 Å². The van der Waals surface area contributed by atoms with Gasteiger partial charge in [0.1, 0.15) is 0 Å². The average Bonchev–Trinajstić information content (AvgIpc) is 3.25. The van der Waals surface area contributed by atoms with Gasteiger partial charge in [-0.1, -0.05) is 0 Å². The van der Waals surface area contributed by atoms with Crippen LogP contribution in [0.2, 0.25) is 0 Å². The number of allylic oxidation sites excluding steroid dienone is 2. The molecule has 140 valence electrons. The molecule has 1 N–H and O–H groups in total. The van der Waals surface area contributed by atoms with Gasteiger partial charge in [0.25, 0.3) is 0 Å². The van der Waals surface area contributed by atoms with Crippen LogP contribution in [0.5, 0.6) is 0 Å². The quantitative estimate of drug-likeness (QED) is 0.533. The van der Waals surface area contributed by atoms with Gasteiger partial charge in [0, 0.05) is 0 Å². The first kappa shape index (κ1) is 19.5. The fraction of sp³-hybridized carbons (Fsp3) is 0.261. The minimum absolute atomic E-state index is 0.0123. The molecule has 1 nitrogen and oxygen atoms in total. The summed E-state index contributed by atoms with van der Waals surface area (Å²) in [6.07, 6.45) is 7.28. The molecule has 0 saturated heterocycles. The van der Waals surface area contributed by atoms with E-state index in [9.17, 15) is 5.11 Å². The topological polar surface area (TPSA) is 20.2 Å². The summed E-state index contributed by atoms with van der Waals surface area (Å²) in [5.41, 5.74) is 6.04. The van der Waals surface area contributed by atoms with Crippen LogP contribution in [-0.2, 0) is 15.9 Å². The number of rotatable bonds is 4. The van der Waals surface area contributed by atoms with Crippen LogP contribution >= 0.6 is 17.0 Å². The van der Waals surface area contributed by atoms with Crippen LogP contribution in [0.25, 0.3) is 11.6 Å². The molecule has 2 aliphatic rings. The van der Waals surface area contributed by atoms with Gasteiger partial charge in [0.2, 0.25) is 0 Å². The van der Waals surface area contributed by atoms with E-state index < -0.39 is 15.9 Å². The Bertz CT molecular complexity index is 1040. The van der Waals surface area contributed by atoms with Crippen LogP contribution in [-0.4, -0.2) is 14.9 Å². The summed E-state index contributed by atoms with van der Waals surface area (Å²) in [4.78, 5) is 0. The number of hydrogen-bond donors (Lipinski definition) is 1. The van der Waals surface area contributed by atoms with Crippen LogP contribution in [0.1, 0.15) is 49.8 Å². The van der Waals surface area contributed by atoms with Crippen LogP contribution in [0.15, 0.2) is 60.7 Å². The zero-order valence-electron chi connectivity index (χ0n) is 15.6. The molecule has 0 fully saturated rings. The summed E-state index contributed by atoms with van der Waals surface area (Å²) in [5.74, 6) is 0. The molecule has 4 rings (SSSR count). The van der Waals surface area contributed by atoms with E-state index in [0.29, 0.717) is 6.42 Å². The average molecular weight is 479 g/mol. The third-order valence-corrected chi connectivity index (χ3v) is 29.0. The Labute approximate surface area is 169 Å². The second-order valence-corrected chi connectivity index (χ2v) is 29.8. The number of hydrogen-bond acceptors (Lipinski definition) is 1. The molecule has 0 spiro atoms. The van der Waals surface area contributed by atoms with Crippen LogP contribution in [0.3, 0.4) is 0 Å². The van der Waals surface area contributed by atoms with Crippen molar-refractivity contribution < 1.29 is 21.0 Å². The van der Waals surface area contributed by atoms with Crippen molar-refractivity contribution in [1.29, 1.82) is 0 Å². The second-order valence-electron chi connectivity index (χ2n) is 7.85. The predicted octanol–water partition coefficient (Wildman–Crippen LogP) is 6.48. The van der Waals surface area contributed by atoms with E-state index in [0.717, 1.165) is 5.57 Å². The molecule has 0 radical (unpaired) electrons. The molecule has 27 heavy (non-hydrogen) atoms. The Balaban J connectivity index is 1.97. The number of fused-ring (bicyclic) bond motifs is 2. The summed E-state index contributed by atoms with van der Waals surface area (Å²) >= 11 is -4.56. The summed E-state index contributed by atoms with van der Waals surface area (Å²) in [6.45, 7) is 4.35. The first-order valence-electron chi connectivity index (χ1n) is 9.43. The van der Waals surface area contributed by atoms with E-state index in [-0.39, 0.29) is 13.9 Å². The zero-order chi connectivity index (χ0) is 19.3. The van der Waals surface area contributed by atoms with Gasteiger partial charge in [-0.25, -0.2) is 0 Å². The van der Waals surface area contributed by atoms with Gasteiger partial charge in [-0.15, -0.1) is 0 Å². The summed E-state index contributed by atoms with van der Waals surface area (Å²) < 4.78 is 1.24. The maximum atomic E-state index is 9.55. The Morgan fingerprint density at radius 2 is 1.63 bits per heavy atom. The number of benzene rings is 2. The molecular weight excluding hydrogens is 454 g/mol. The van der Waals surface area contributed by atoms with E-state index in [1.807, 2.05) is 6.07 Å². The molecule has 0 saturated carbocycles. The fourth-order valence-electron chi connectivity index (χ4n) is 4.74. The Morgan fingerprint density at radius 3 is 2.33 bits per heavy atom. The predicted molar refractivity (Wildman–Crippen MR) is 115 cm³/mol. The van der Waals surface area contributed by atoms with Gasteiger partial charge in [-0.2, -0.15) is 0 Å². The molecule has 0 amide bonds. The second kappa shape index (κ2) is 6.92. The van der Waals surface area contributed by atoms with Crippen molar-refractivity contribution in [3.63, 3.8) is 0 Å². The van der Waals surface area contributed by atoms with Gasteiger partial charge in [-0.05, 0) is 0 Å². The van der Waals surface area contributed by atoms with Crippen molar-refractivity contribution in [2.24, 2.45) is 0 Å². The summed E-state index contributed by atoms with van der Waals surface area (Å²) in [5, 5.41) is 9.55. The minimum atomic E-state index is -4.56. The van der Waals surface area contributed by atoms with Crippen molar-refractivity contribution in [2.45, 2.75) is 27.5 Å². The van der Waals surface area contributed by atoms with Crippen LogP contribution in [0, 0.1) is 0 Å². The van der Waals surface area contributed by atoms with Crippen molar-refractivity contribution >= 4 is 31.9 Å². The van der Waals surface area contributed by atoms with Gasteiger partial charge in [0.15, 0.2) is 0 Å². The van der Waals surface area contributed by atoms with Crippen molar-refractivity contribution in [2.75, 3.05) is 6.61 Å². The Morgan fingerprint density at radius 1 is 0.963 bits per heavy atom. The molecular formula is C23H24Cl2OZr. The molecule has 0 heterocycles. The summed E-state index contributed by atoms with van der Waals surface area (Å²) in [7, 11) is 15.5. The first-order chi connectivity index (χ1) is 12.9. The number of aliphatic hydroxyl groups excluding tert-OH is 1. The third kappa shape index (κ3) is 2.84. The molecule has 0 aromatic heterocycles. The van der Waals surface area contributed by atoms with E-state index in [2.05, 4.69) is 74.5 Å². The maximum absolute atomic E-state index is 9.55. The fourth-order valence-corrected chi connectivity index (χ4v) is 19.6. The zero-order valence-corrected chi connectivity index (χ0v) is 19.6. The Kier molecular flexibility index (Phi) is 5.01. The first-order valence-corrected chi connectivity index (χ1v) is 19.8.